The first kappa shape index (κ1) is 20.3. The highest BCUT2D eigenvalue weighted by Crippen LogP contribution is 2.40. The predicted molar refractivity (Wildman–Crippen MR) is 127 cm³/mol. The number of fused-ring (bicyclic) bond motifs is 1. The van der Waals surface area contributed by atoms with Gasteiger partial charge in [0.25, 0.3) is 0 Å². The number of anilines is 3. The van der Waals surface area contributed by atoms with Gasteiger partial charge in [-0.25, -0.2) is 9.50 Å². The van der Waals surface area contributed by atoms with Gasteiger partial charge in [-0.1, -0.05) is 0 Å². The second-order valence-corrected chi connectivity index (χ2v) is 10.2. The Morgan fingerprint density at radius 3 is 3.03 bits per heavy atom. The number of aromatic amines is 1. The van der Waals surface area contributed by atoms with Gasteiger partial charge in [0, 0.05) is 41.5 Å². The number of nitrogens with one attached hydrogen (secondary N) is 2. The minimum absolute atomic E-state index is 0.154. The Morgan fingerprint density at radius 2 is 2.24 bits per heavy atom. The molecule has 1 aliphatic heterocycles. The summed E-state index contributed by atoms with van der Waals surface area (Å²) in [5.74, 6) is 2.71. The number of H-pyrrole nitrogens is 1. The minimum atomic E-state index is -0.664. The Bertz CT molecular complexity index is 1340. The highest BCUT2D eigenvalue weighted by Gasteiger charge is 2.44. The first-order chi connectivity index (χ1) is 16.0. The first-order valence-electron chi connectivity index (χ1n) is 11.4. The highest BCUT2D eigenvalue weighted by atomic mass is 32.1. The van der Waals surface area contributed by atoms with Crippen molar-refractivity contribution in [3.63, 3.8) is 0 Å². The van der Waals surface area contributed by atoms with Crippen molar-refractivity contribution < 1.29 is 4.79 Å². The Hall–Kier alpha value is -3.27. The topological polar surface area (TPSA) is 104 Å². The molecule has 2 fully saturated rings. The molecule has 170 valence electrons. The Balaban J connectivity index is 1.32. The fraction of sp³-hybridized carbons (Fsp3) is 0.435. The third kappa shape index (κ3) is 3.68. The van der Waals surface area contributed by atoms with Crippen LogP contribution in [0.5, 0.6) is 0 Å². The van der Waals surface area contributed by atoms with Crippen molar-refractivity contribution >= 4 is 40.2 Å². The van der Waals surface area contributed by atoms with E-state index in [1.54, 1.807) is 11.3 Å². The molecule has 0 bridgehead atoms. The van der Waals surface area contributed by atoms with Crippen molar-refractivity contribution in [1.82, 2.24) is 29.8 Å². The number of Topliss-reactive ketones (excluding diaryl/α,β-unsaturated/α-hetero) is 1. The summed E-state index contributed by atoms with van der Waals surface area (Å²) in [6, 6.07) is 5.97. The van der Waals surface area contributed by atoms with Crippen LogP contribution in [0, 0.1) is 6.92 Å². The largest absolute Gasteiger partial charge is 0.327 e. The Morgan fingerprint density at radius 1 is 1.36 bits per heavy atom. The van der Waals surface area contributed by atoms with E-state index in [0.717, 1.165) is 47.1 Å². The summed E-state index contributed by atoms with van der Waals surface area (Å²) in [5, 5.41) is 18.5. The van der Waals surface area contributed by atoms with Crippen LogP contribution in [0.15, 0.2) is 29.8 Å². The first-order valence-corrected chi connectivity index (χ1v) is 12.3. The van der Waals surface area contributed by atoms with E-state index in [1.807, 2.05) is 42.1 Å². The Labute approximate surface area is 195 Å². The number of nitrogens with zero attached hydrogens (tertiary/aromatic N) is 6. The Kier molecular flexibility index (Phi) is 4.72. The van der Waals surface area contributed by atoms with Crippen molar-refractivity contribution in [2.24, 2.45) is 0 Å². The molecule has 5 heterocycles. The number of aryl methyl sites for hydroxylation is 1. The molecule has 0 amide bonds. The number of carbonyl (C=O) groups is 1. The lowest BCUT2D eigenvalue weighted by molar-refractivity contribution is -0.122. The van der Waals surface area contributed by atoms with Gasteiger partial charge in [0.05, 0.1) is 12.0 Å². The monoisotopic (exact) mass is 462 g/mol. The second kappa shape index (κ2) is 7.65. The number of rotatable bonds is 7. The molecule has 1 saturated heterocycles. The van der Waals surface area contributed by atoms with Crippen LogP contribution in [0.1, 0.15) is 54.9 Å². The highest BCUT2D eigenvalue weighted by molar-refractivity contribution is 7.09. The van der Waals surface area contributed by atoms with Crippen LogP contribution in [0.25, 0.3) is 5.52 Å². The van der Waals surface area contributed by atoms with Crippen LogP contribution < -0.4 is 10.2 Å². The van der Waals surface area contributed by atoms with E-state index < -0.39 is 5.54 Å². The summed E-state index contributed by atoms with van der Waals surface area (Å²) in [4.78, 5) is 24.8. The van der Waals surface area contributed by atoms with Gasteiger partial charge in [-0.2, -0.15) is 10.1 Å². The van der Waals surface area contributed by atoms with E-state index >= 15 is 0 Å². The summed E-state index contributed by atoms with van der Waals surface area (Å²) in [6.07, 6.45) is 6.35. The van der Waals surface area contributed by atoms with E-state index in [4.69, 9.17) is 10.1 Å². The molecule has 2 N–H and O–H groups in total. The van der Waals surface area contributed by atoms with Gasteiger partial charge >= 0.3 is 0 Å². The molecule has 0 spiro atoms. The molecule has 10 heteroatoms. The van der Waals surface area contributed by atoms with Gasteiger partial charge in [0.2, 0.25) is 5.95 Å². The van der Waals surface area contributed by atoms with Crippen LogP contribution in [-0.2, 0) is 11.2 Å². The van der Waals surface area contributed by atoms with E-state index in [-0.39, 0.29) is 5.78 Å². The predicted octanol–water partition coefficient (Wildman–Crippen LogP) is 4.01. The zero-order chi connectivity index (χ0) is 22.6. The zero-order valence-electron chi connectivity index (χ0n) is 18.7. The third-order valence-corrected chi connectivity index (χ3v) is 7.67. The number of hydrogen-bond acceptors (Lipinski definition) is 8. The molecule has 1 saturated carbocycles. The normalized spacial score (nSPS) is 20.6. The lowest BCUT2D eigenvalue weighted by atomic mass is 9.91. The van der Waals surface area contributed by atoms with Crippen molar-refractivity contribution in [3.8, 4) is 0 Å². The molecule has 9 nitrogen and oxygen atoms in total. The van der Waals surface area contributed by atoms with Crippen LogP contribution in [0.3, 0.4) is 0 Å². The summed E-state index contributed by atoms with van der Waals surface area (Å²) in [7, 11) is 0. The van der Waals surface area contributed by atoms with Gasteiger partial charge in [0.15, 0.2) is 17.4 Å². The maximum atomic E-state index is 13.4. The van der Waals surface area contributed by atoms with Gasteiger partial charge in [0.1, 0.15) is 10.5 Å². The van der Waals surface area contributed by atoms with Gasteiger partial charge < -0.3 is 10.2 Å². The number of ketones is 1. The number of carbonyl (C=O) groups excluding carboxylic acids is 1. The second-order valence-electron chi connectivity index (χ2n) is 9.22. The molecule has 1 atom stereocenters. The molecule has 4 aromatic rings. The molecule has 1 aliphatic carbocycles. The average Bonchev–Trinajstić information content (AvgIpc) is 3.17. The zero-order valence-corrected chi connectivity index (χ0v) is 19.5. The lowest BCUT2D eigenvalue weighted by Gasteiger charge is -2.33. The summed E-state index contributed by atoms with van der Waals surface area (Å²) < 4.78 is 1.81. The van der Waals surface area contributed by atoms with Crippen LogP contribution >= 0.6 is 11.3 Å². The summed E-state index contributed by atoms with van der Waals surface area (Å²) in [5.41, 5.74) is 2.31. The number of aromatic nitrogens is 6. The maximum absolute atomic E-state index is 13.4. The van der Waals surface area contributed by atoms with Crippen molar-refractivity contribution in [2.45, 2.75) is 57.4 Å². The van der Waals surface area contributed by atoms with Gasteiger partial charge in [-0.15, -0.1) is 16.4 Å². The number of thiazole rings is 1. The molecule has 2 aliphatic rings. The van der Waals surface area contributed by atoms with Crippen LogP contribution in [0.2, 0.25) is 0 Å². The van der Waals surface area contributed by atoms with Gasteiger partial charge in [-0.3, -0.25) is 9.89 Å². The van der Waals surface area contributed by atoms with Crippen LogP contribution in [0.4, 0.5) is 17.6 Å². The molecular formula is C23H26N8OS. The molecule has 0 unspecified atom stereocenters. The summed E-state index contributed by atoms with van der Waals surface area (Å²) >= 11 is 1.54. The van der Waals surface area contributed by atoms with Crippen LogP contribution in [-0.4, -0.2) is 47.6 Å². The average molecular weight is 463 g/mol. The summed E-state index contributed by atoms with van der Waals surface area (Å²) in [6.45, 7) is 4.70. The van der Waals surface area contributed by atoms with Crippen molar-refractivity contribution in [3.05, 3.63) is 46.2 Å². The SMILES string of the molecule is Cc1csc(CC(=O)[C@]2(C)CCCN2c2nc(Nc3cc(C4CC4)[nH]n3)c3cccn3n2)n1. The smallest absolute Gasteiger partial charge is 0.246 e. The minimum Gasteiger partial charge on any atom is -0.327 e. The third-order valence-electron chi connectivity index (χ3n) is 6.70. The van der Waals surface area contributed by atoms with Crippen molar-refractivity contribution in [2.75, 3.05) is 16.8 Å². The fourth-order valence-corrected chi connectivity index (χ4v) is 5.41. The fourth-order valence-electron chi connectivity index (χ4n) is 4.64. The molecule has 0 radical (unpaired) electrons. The number of hydrogen-bond donors (Lipinski definition) is 2. The maximum Gasteiger partial charge on any atom is 0.246 e. The van der Waals surface area contributed by atoms with Crippen molar-refractivity contribution in [1.29, 1.82) is 0 Å². The molecule has 0 aromatic carbocycles. The molecule has 33 heavy (non-hydrogen) atoms. The quantitative estimate of drug-likeness (QED) is 0.428. The van der Waals surface area contributed by atoms with E-state index in [1.165, 1.54) is 12.8 Å². The molecule has 6 rings (SSSR count). The lowest BCUT2D eigenvalue weighted by Crippen LogP contribution is -2.49. The van der Waals surface area contributed by atoms with E-state index in [0.29, 0.717) is 24.1 Å². The standard InChI is InChI=1S/C23H26N8OS/c1-14-13-33-20(24-14)12-18(32)23(2)8-4-9-30(23)22-26-21(17-5-3-10-31(17)29-22)25-19-11-16(27-28-19)15-6-7-15/h3,5,10-11,13,15H,4,6-9,12H2,1-2H3,(H2,25,26,27,28,29)/t23-/m0/s1. The molecular weight excluding hydrogens is 436 g/mol. The molecule has 4 aromatic heterocycles. The van der Waals surface area contributed by atoms with E-state index in [2.05, 4.69) is 31.5 Å². The van der Waals surface area contributed by atoms with E-state index in [9.17, 15) is 4.79 Å². The van der Waals surface area contributed by atoms with Gasteiger partial charge in [-0.05, 0) is 51.7 Å².